The molecule has 2 heteroatoms. The third kappa shape index (κ3) is 3.18. The molecule has 0 bridgehead atoms. The standard InChI is InChI=1S/C13H22OSi/c1-11(14)10-12(2)15(3,4)13-8-6-5-7-9-13/h5-9,11-12,14H,10H2,1-4H3/t11-,12-/m0/s1. The maximum absolute atomic E-state index is 9.46. The first-order valence-corrected chi connectivity index (χ1v) is 8.76. The van der Waals surface area contributed by atoms with Crippen molar-refractivity contribution in [2.45, 2.75) is 45.0 Å². The van der Waals surface area contributed by atoms with E-state index in [-0.39, 0.29) is 6.10 Å². The van der Waals surface area contributed by atoms with Crippen molar-refractivity contribution in [3.8, 4) is 0 Å². The van der Waals surface area contributed by atoms with Crippen molar-refractivity contribution in [1.82, 2.24) is 0 Å². The fourth-order valence-corrected chi connectivity index (χ4v) is 4.51. The molecular formula is C13H22OSi. The molecule has 1 aromatic carbocycles. The Hall–Kier alpha value is -0.603. The van der Waals surface area contributed by atoms with Crippen LogP contribution in [0.5, 0.6) is 0 Å². The molecule has 0 radical (unpaired) electrons. The van der Waals surface area contributed by atoms with Crippen molar-refractivity contribution in [2.24, 2.45) is 0 Å². The van der Waals surface area contributed by atoms with Crippen LogP contribution in [0.3, 0.4) is 0 Å². The number of aliphatic hydroxyl groups is 1. The van der Waals surface area contributed by atoms with Gasteiger partial charge < -0.3 is 5.11 Å². The van der Waals surface area contributed by atoms with E-state index in [1.165, 1.54) is 5.19 Å². The summed E-state index contributed by atoms with van der Waals surface area (Å²) in [5.74, 6) is 0. The van der Waals surface area contributed by atoms with Crippen molar-refractivity contribution in [2.75, 3.05) is 0 Å². The molecule has 0 saturated carbocycles. The van der Waals surface area contributed by atoms with Crippen molar-refractivity contribution >= 4 is 13.3 Å². The van der Waals surface area contributed by atoms with E-state index in [0.717, 1.165) is 6.42 Å². The Kier molecular flexibility index (Phi) is 4.11. The molecule has 0 spiro atoms. The first-order chi connectivity index (χ1) is 6.94. The van der Waals surface area contributed by atoms with Gasteiger partial charge >= 0.3 is 0 Å². The van der Waals surface area contributed by atoms with Crippen LogP contribution in [0.25, 0.3) is 0 Å². The molecule has 0 unspecified atom stereocenters. The van der Waals surface area contributed by atoms with E-state index in [4.69, 9.17) is 0 Å². The zero-order valence-corrected chi connectivity index (χ0v) is 11.2. The normalized spacial score (nSPS) is 16.1. The third-order valence-electron chi connectivity index (χ3n) is 3.44. The summed E-state index contributed by atoms with van der Waals surface area (Å²) >= 11 is 0. The van der Waals surface area contributed by atoms with E-state index in [1.54, 1.807) is 0 Å². The number of benzene rings is 1. The molecule has 1 aromatic rings. The minimum absolute atomic E-state index is 0.185. The lowest BCUT2D eigenvalue weighted by Gasteiger charge is -2.31. The summed E-state index contributed by atoms with van der Waals surface area (Å²) < 4.78 is 0. The molecule has 0 aromatic heterocycles. The van der Waals surface area contributed by atoms with Gasteiger partial charge in [-0.05, 0) is 18.9 Å². The van der Waals surface area contributed by atoms with Gasteiger partial charge in [0, 0.05) is 0 Å². The van der Waals surface area contributed by atoms with E-state index in [2.05, 4.69) is 50.3 Å². The van der Waals surface area contributed by atoms with E-state index in [1.807, 2.05) is 6.92 Å². The van der Waals surface area contributed by atoms with Crippen LogP contribution in [0.2, 0.25) is 18.6 Å². The van der Waals surface area contributed by atoms with Crippen molar-refractivity contribution in [3.63, 3.8) is 0 Å². The highest BCUT2D eigenvalue weighted by Gasteiger charge is 2.30. The topological polar surface area (TPSA) is 20.2 Å². The van der Waals surface area contributed by atoms with E-state index in [9.17, 15) is 5.11 Å². The SMILES string of the molecule is C[C@H](O)C[C@H](C)[Si](C)(C)c1ccccc1. The lowest BCUT2D eigenvalue weighted by Crippen LogP contribution is -2.45. The molecule has 1 rings (SSSR count). The maximum atomic E-state index is 9.46. The Morgan fingerprint density at radius 1 is 1.13 bits per heavy atom. The number of aliphatic hydroxyl groups excluding tert-OH is 1. The van der Waals surface area contributed by atoms with Gasteiger partial charge in [0.1, 0.15) is 0 Å². The molecule has 0 aliphatic rings. The maximum Gasteiger partial charge on any atom is 0.0835 e. The second kappa shape index (κ2) is 4.95. The average molecular weight is 222 g/mol. The zero-order chi connectivity index (χ0) is 11.5. The van der Waals surface area contributed by atoms with Gasteiger partial charge in [-0.25, -0.2) is 0 Å². The largest absolute Gasteiger partial charge is 0.393 e. The van der Waals surface area contributed by atoms with Crippen LogP contribution in [-0.2, 0) is 0 Å². The Morgan fingerprint density at radius 2 is 1.67 bits per heavy atom. The molecule has 0 fully saturated rings. The third-order valence-corrected chi connectivity index (χ3v) is 7.97. The molecule has 1 N–H and O–H groups in total. The number of hydrogen-bond acceptors (Lipinski definition) is 1. The fourth-order valence-electron chi connectivity index (χ4n) is 1.96. The van der Waals surface area contributed by atoms with Gasteiger partial charge in [-0.15, -0.1) is 0 Å². The van der Waals surface area contributed by atoms with Crippen LogP contribution in [0, 0.1) is 0 Å². The Morgan fingerprint density at radius 3 is 2.13 bits per heavy atom. The summed E-state index contributed by atoms with van der Waals surface area (Å²) in [5, 5.41) is 10.9. The van der Waals surface area contributed by atoms with Crippen LogP contribution in [0.1, 0.15) is 20.3 Å². The van der Waals surface area contributed by atoms with Crippen molar-refractivity contribution < 1.29 is 5.11 Å². The van der Waals surface area contributed by atoms with Gasteiger partial charge in [0.2, 0.25) is 0 Å². The molecule has 0 aliphatic carbocycles. The lowest BCUT2D eigenvalue weighted by molar-refractivity contribution is 0.183. The quantitative estimate of drug-likeness (QED) is 0.777. The van der Waals surface area contributed by atoms with Crippen LogP contribution in [0.15, 0.2) is 30.3 Å². The van der Waals surface area contributed by atoms with E-state index >= 15 is 0 Å². The lowest BCUT2D eigenvalue weighted by atomic mass is 10.2. The first-order valence-electron chi connectivity index (χ1n) is 5.68. The predicted molar refractivity (Wildman–Crippen MR) is 69.3 cm³/mol. The molecule has 1 nitrogen and oxygen atoms in total. The Balaban J connectivity index is 2.82. The van der Waals surface area contributed by atoms with Gasteiger partial charge in [-0.3, -0.25) is 0 Å². The molecule has 0 amide bonds. The average Bonchev–Trinajstić information content (AvgIpc) is 2.18. The van der Waals surface area contributed by atoms with Gasteiger partial charge in [0.05, 0.1) is 14.2 Å². The van der Waals surface area contributed by atoms with Crippen molar-refractivity contribution in [3.05, 3.63) is 30.3 Å². The van der Waals surface area contributed by atoms with Gasteiger partial charge in [0.25, 0.3) is 0 Å². The molecule has 0 saturated heterocycles. The molecular weight excluding hydrogens is 200 g/mol. The van der Waals surface area contributed by atoms with Gasteiger partial charge in [-0.2, -0.15) is 0 Å². The van der Waals surface area contributed by atoms with Gasteiger partial charge in [0.15, 0.2) is 0 Å². The first kappa shape index (κ1) is 12.5. The molecule has 15 heavy (non-hydrogen) atoms. The Bertz CT molecular complexity index is 293. The smallest absolute Gasteiger partial charge is 0.0835 e. The molecule has 2 atom stereocenters. The zero-order valence-electron chi connectivity index (χ0n) is 10.2. The number of rotatable bonds is 4. The summed E-state index contributed by atoms with van der Waals surface area (Å²) in [6.07, 6.45) is 0.726. The predicted octanol–water partition coefficient (Wildman–Crippen LogP) is 2.76. The van der Waals surface area contributed by atoms with Crippen LogP contribution >= 0.6 is 0 Å². The van der Waals surface area contributed by atoms with E-state index < -0.39 is 8.07 Å². The summed E-state index contributed by atoms with van der Waals surface area (Å²) in [7, 11) is -1.41. The molecule has 84 valence electrons. The Labute approximate surface area is 94.2 Å². The summed E-state index contributed by atoms with van der Waals surface area (Å²) in [5.41, 5.74) is 0.611. The second-order valence-corrected chi connectivity index (χ2v) is 10.1. The monoisotopic (exact) mass is 222 g/mol. The van der Waals surface area contributed by atoms with Gasteiger partial charge in [-0.1, -0.05) is 55.5 Å². The highest BCUT2D eigenvalue weighted by atomic mass is 28.3. The highest BCUT2D eigenvalue weighted by molar-refractivity contribution is 6.90. The highest BCUT2D eigenvalue weighted by Crippen LogP contribution is 2.25. The summed E-state index contributed by atoms with van der Waals surface area (Å²) in [6, 6.07) is 10.7. The second-order valence-electron chi connectivity index (χ2n) is 5.07. The molecule has 0 aliphatic heterocycles. The summed E-state index contributed by atoms with van der Waals surface area (Å²) in [4.78, 5) is 0. The van der Waals surface area contributed by atoms with Crippen molar-refractivity contribution in [1.29, 1.82) is 0 Å². The molecule has 0 heterocycles. The van der Waals surface area contributed by atoms with Crippen LogP contribution in [-0.4, -0.2) is 19.3 Å². The summed E-state index contributed by atoms with van der Waals surface area (Å²) in [6.45, 7) is 8.92. The minimum Gasteiger partial charge on any atom is -0.393 e. The number of hydrogen-bond donors (Lipinski definition) is 1. The van der Waals surface area contributed by atoms with E-state index in [0.29, 0.717) is 5.54 Å². The fraction of sp³-hybridized carbons (Fsp3) is 0.538. The van der Waals surface area contributed by atoms with Crippen LogP contribution in [0.4, 0.5) is 0 Å². The van der Waals surface area contributed by atoms with Crippen LogP contribution < -0.4 is 5.19 Å². The minimum atomic E-state index is -1.41.